The van der Waals surface area contributed by atoms with E-state index in [4.69, 9.17) is 0 Å². The number of nitrogens with zero attached hydrogens (tertiary/aromatic N) is 2. The van der Waals surface area contributed by atoms with Gasteiger partial charge in [0.1, 0.15) is 5.82 Å². The van der Waals surface area contributed by atoms with Crippen LogP contribution in [0.2, 0.25) is 0 Å². The largest absolute Gasteiger partial charge is 0.349 e. The van der Waals surface area contributed by atoms with Crippen molar-refractivity contribution < 1.29 is 9.18 Å². The lowest BCUT2D eigenvalue weighted by molar-refractivity contribution is 0.0935. The Morgan fingerprint density at radius 1 is 1.38 bits per heavy atom. The normalized spacial score (nSPS) is 15.8. The molecule has 1 heterocycles. The maximum atomic E-state index is 13.0. The average Bonchev–Trinajstić information content (AvgIpc) is 3.23. The highest BCUT2D eigenvalue weighted by molar-refractivity contribution is 5.95. The van der Waals surface area contributed by atoms with Crippen LogP contribution in [0.3, 0.4) is 0 Å². The molecule has 0 bridgehead atoms. The Bertz CT molecular complexity index is 659. The van der Waals surface area contributed by atoms with Gasteiger partial charge < -0.3 is 5.32 Å². The van der Waals surface area contributed by atoms with E-state index in [1.54, 1.807) is 23.0 Å². The first-order valence-corrected chi connectivity index (χ1v) is 7.17. The lowest BCUT2D eigenvalue weighted by atomic mass is 10.2. The summed E-state index contributed by atoms with van der Waals surface area (Å²) in [7, 11) is 0. The van der Waals surface area contributed by atoms with Crippen LogP contribution in [0.25, 0.3) is 5.69 Å². The smallest absolute Gasteiger partial charge is 0.254 e. The zero-order valence-electron chi connectivity index (χ0n) is 12.1. The number of aromatic nitrogens is 2. The van der Waals surface area contributed by atoms with Crippen molar-refractivity contribution in [3.63, 3.8) is 0 Å². The molecule has 1 aliphatic rings. The van der Waals surface area contributed by atoms with E-state index >= 15 is 0 Å². The van der Waals surface area contributed by atoms with Gasteiger partial charge in [-0.3, -0.25) is 4.79 Å². The van der Waals surface area contributed by atoms with Gasteiger partial charge in [-0.25, -0.2) is 9.07 Å². The topological polar surface area (TPSA) is 46.9 Å². The molecule has 1 aromatic heterocycles. The van der Waals surface area contributed by atoms with Crippen molar-refractivity contribution in [2.24, 2.45) is 5.92 Å². The fraction of sp³-hybridized carbons (Fsp3) is 0.375. The Morgan fingerprint density at radius 2 is 2.05 bits per heavy atom. The Balaban J connectivity index is 1.81. The summed E-state index contributed by atoms with van der Waals surface area (Å²) in [5.74, 6) is 0.224. The van der Waals surface area contributed by atoms with E-state index < -0.39 is 0 Å². The molecule has 2 aromatic rings. The summed E-state index contributed by atoms with van der Waals surface area (Å²) in [5.41, 5.74) is 2.05. The van der Waals surface area contributed by atoms with Crippen LogP contribution < -0.4 is 5.32 Å². The molecule has 4 nitrogen and oxygen atoms in total. The van der Waals surface area contributed by atoms with Crippen LogP contribution in [0.4, 0.5) is 4.39 Å². The second-order valence-corrected chi connectivity index (χ2v) is 5.63. The van der Waals surface area contributed by atoms with Crippen LogP contribution in [0.15, 0.2) is 30.5 Å². The van der Waals surface area contributed by atoms with Gasteiger partial charge in [0.2, 0.25) is 0 Å². The summed E-state index contributed by atoms with van der Waals surface area (Å²) < 4.78 is 14.6. The molecular formula is C16H18FN3O. The minimum Gasteiger partial charge on any atom is -0.349 e. The molecule has 3 rings (SSSR count). The highest BCUT2D eigenvalue weighted by Gasteiger charge is 2.29. The van der Waals surface area contributed by atoms with Gasteiger partial charge in [0.05, 0.1) is 23.1 Å². The number of rotatable bonds is 4. The molecule has 1 aliphatic carbocycles. The number of carbonyl (C=O) groups is 1. The molecule has 0 saturated heterocycles. The van der Waals surface area contributed by atoms with Crippen LogP contribution in [0.1, 0.15) is 35.8 Å². The molecular weight excluding hydrogens is 269 g/mol. The van der Waals surface area contributed by atoms with Crippen molar-refractivity contribution >= 4 is 5.91 Å². The first-order valence-electron chi connectivity index (χ1n) is 7.17. The van der Waals surface area contributed by atoms with E-state index in [2.05, 4.69) is 10.4 Å². The summed E-state index contributed by atoms with van der Waals surface area (Å²) in [4.78, 5) is 12.3. The Hall–Kier alpha value is -2.17. The minimum atomic E-state index is -0.292. The highest BCUT2D eigenvalue weighted by Crippen LogP contribution is 2.32. The maximum Gasteiger partial charge on any atom is 0.254 e. The highest BCUT2D eigenvalue weighted by atomic mass is 19.1. The zero-order chi connectivity index (χ0) is 15.0. The van der Waals surface area contributed by atoms with E-state index in [1.165, 1.54) is 25.0 Å². The molecule has 110 valence electrons. The summed E-state index contributed by atoms with van der Waals surface area (Å²) in [5, 5.41) is 7.26. The van der Waals surface area contributed by atoms with Crippen LogP contribution in [-0.4, -0.2) is 21.7 Å². The van der Waals surface area contributed by atoms with Gasteiger partial charge >= 0.3 is 0 Å². The van der Waals surface area contributed by atoms with E-state index in [9.17, 15) is 9.18 Å². The Kier molecular flexibility index (Phi) is 3.49. The fourth-order valence-electron chi connectivity index (χ4n) is 2.47. The van der Waals surface area contributed by atoms with Crippen molar-refractivity contribution in [2.75, 3.05) is 0 Å². The predicted octanol–water partition coefficient (Wildman–Crippen LogP) is 2.85. The maximum absolute atomic E-state index is 13.0. The predicted molar refractivity (Wildman–Crippen MR) is 77.9 cm³/mol. The molecule has 1 amide bonds. The first kappa shape index (κ1) is 13.8. The van der Waals surface area contributed by atoms with Gasteiger partial charge in [-0.1, -0.05) is 0 Å². The molecule has 1 saturated carbocycles. The monoisotopic (exact) mass is 287 g/mol. The molecule has 1 atom stereocenters. The van der Waals surface area contributed by atoms with E-state index in [-0.39, 0.29) is 17.8 Å². The van der Waals surface area contributed by atoms with Gasteiger partial charge in [0.25, 0.3) is 5.91 Å². The molecule has 1 aromatic carbocycles. The number of hydrogen-bond donors (Lipinski definition) is 1. The zero-order valence-corrected chi connectivity index (χ0v) is 12.1. The molecule has 1 unspecified atom stereocenters. The standard InChI is InChI=1S/C16H18FN3O/c1-10(12-3-4-12)19-16(21)15-9-18-20(11(15)2)14-7-5-13(17)6-8-14/h5-10,12H,3-4H2,1-2H3,(H,19,21). The third-order valence-electron chi connectivity index (χ3n) is 4.01. The molecule has 1 N–H and O–H groups in total. The quantitative estimate of drug-likeness (QED) is 0.940. The second-order valence-electron chi connectivity index (χ2n) is 5.63. The van der Waals surface area contributed by atoms with Gasteiger partial charge in [0, 0.05) is 6.04 Å². The van der Waals surface area contributed by atoms with E-state index in [0.29, 0.717) is 11.5 Å². The van der Waals surface area contributed by atoms with Gasteiger partial charge in [-0.15, -0.1) is 0 Å². The van der Waals surface area contributed by atoms with Crippen molar-refractivity contribution in [3.05, 3.63) is 47.5 Å². The Labute approximate surface area is 123 Å². The molecule has 0 radical (unpaired) electrons. The van der Waals surface area contributed by atoms with E-state index in [1.807, 2.05) is 13.8 Å². The van der Waals surface area contributed by atoms with Gasteiger partial charge in [0.15, 0.2) is 0 Å². The third-order valence-corrected chi connectivity index (χ3v) is 4.01. The van der Waals surface area contributed by atoms with Crippen LogP contribution in [0.5, 0.6) is 0 Å². The second kappa shape index (κ2) is 5.31. The van der Waals surface area contributed by atoms with Crippen molar-refractivity contribution in [2.45, 2.75) is 32.7 Å². The number of hydrogen-bond acceptors (Lipinski definition) is 2. The summed E-state index contributed by atoms with van der Waals surface area (Å²) in [6.45, 7) is 3.88. The third kappa shape index (κ3) is 2.82. The van der Waals surface area contributed by atoms with Crippen molar-refractivity contribution in [1.29, 1.82) is 0 Å². The Morgan fingerprint density at radius 3 is 2.67 bits per heavy atom. The lowest BCUT2D eigenvalue weighted by Crippen LogP contribution is -2.34. The minimum absolute atomic E-state index is 0.0970. The number of carbonyl (C=O) groups excluding carboxylic acids is 1. The van der Waals surface area contributed by atoms with Gasteiger partial charge in [-0.2, -0.15) is 5.10 Å². The van der Waals surface area contributed by atoms with Crippen LogP contribution in [0, 0.1) is 18.7 Å². The number of amides is 1. The van der Waals surface area contributed by atoms with E-state index in [0.717, 1.165) is 11.4 Å². The summed E-state index contributed by atoms with van der Waals surface area (Å²) >= 11 is 0. The molecule has 5 heteroatoms. The van der Waals surface area contributed by atoms with Crippen LogP contribution in [-0.2, 0) is 0 Å². The fourth-order valence-corrected chi connectivity index (χ4v) is 2.47. The molecule has 0 spiro atoms. The molecule has 0 aliphatic heterocycles. The number of nitrogens with one attached hydrogen (secondary N) is 1. The lowest BCUT2D eigenvalue weighted by Gasteiger charge is -2.12. The SMILES string of the molecule is Cc1c(C(=O)NC(C)C2CC2)cnn1-c1ccc(F)cc1. The number of halogens is 1. The average molecular weight is 287 g/mol. The van der Waals surface area contributed by atoms with Gasteiger partial charge in [-0.05, 0) is 56.9 Å². The van der Waals surface area contributed by atoms with Crippen molar-refractivity contribution in [1.82, 2.24) is 15.1 Å². The van der Waals surface area contributed by atoms with Crippen LogP contribution >= 0.6 is 0 Å². The summed E-state index contributed by atoms with van der Waals surface area (Å²) in [6, 6.07) is 6.25. The molecule has 21 heavy (non-hydrogen) atoms. The summed E-state index contributed by atoms with van der Waals surface area (Å²) in [6.07, 6.45) is 3.94. The van der Waals surface area contributed by atoms with Crippen molar-refractivity contribution in [3.8, 4) is 5.69 Å². The first-order chi connectivity index (χ1) is 10.1. The number of benzene rings is 1. The molecule has 1 fully saturated rings.